The number of rotatable bonds is 6. The minimum atomic E-state index is -0.181. The summed E-state index contributed by atoms with van der Waals surface area (Å²) in [6, 6.07) is 5.59. The van der Waals surface area contributed by atoms with Crippen molar-refractivity contribution in [2.24, 2.45) is 0 Å². The third kappa shape index (κ3) is 5.27. The molecular weight excluding hydrogens is 254 g/mol. The monoisotopic (exact) mass is 273 g/mol. The number of benzene rings is 1. The summed E-state index contributed by atoms with van der Waals surface area (Å²) in [5.74, 6) is 0.507. The summed E-state index contributed by atoms with van der Waals surface area (Å²) in [4.78, 5) is 11.2. The largest absolute Gasteiger partial charge is 0.492 e. The molecule has 18 heavy (non-hydrogen) atoms. The molecule has 0 atom stereocenters. The van der Waals surface area contributed by atoms with Crippen molar-refractivity contribution in [2.75, 3.05) is 18.9 Å². The van der Waals surface area contributed by atoms with Gasteiger partial charge in [-0.3, -0.25) is 4.79 Å². The molecular formula is C13H20ClNO3. The van der Waals surface area contributed by atoms with E-state index in [1.165, 1.54) is 0 Å². The van der Waals surface area contributed by atoms with Gasteiger partial charge in [-0.05, 0) is 38.0 Å². The second kappa shape index (κ2) is 8.64. The topological polar surface area (TPSA) is 61.5 Å². The molecule has 0 radical (unpaired) electrons. The Morgan fingerprint density at radius 2 is 2.00 bits per heavy atom. The highest BCUT2D eigenvalue weighted by Gasteiger charge is 2.05. The molecule has 5 heteroatoms. The maximum Gasteiger partial charge on any atom is 0.306 e. The van der Waals surface area contributed by atoms with Crippen LogP contribution < -0.4 is 10.5 Å². The van der Waals surface area contributed by atoms with Gasteiger partial charge in [-0.2, -0.15) is 0 Å². The summed E-state index contributed by atoms with van der Waals surface area (Å²) in [6.07, 6.45) is 1.01. The van der Waals surface area contributed by atoms with Gasteiger partial charge in [0.25, 0.3) is 0 Å². The van der Waals surface area contributed by atoms with Gasteiger partial charge >= 0.3 is 5.97 Å². The Labute approximate surface area is 114 Å². The number of esters is 1. The molecule has 0 aliphatic carbocycles. The van der Waals surface area contributed by atoms with Crippen molar-refractivity contribution in [1.29, 1.82) is 0 Å². The first kappa shape index (κ1) is 16.6. The van der Waals surface area contributed by atoms with Crippen LogP contribution in [0.5, 0.6) is 5.75 Å². The maximum atomic E-state index is 11.2. The molecule has 1 aromatic carbocycles. The molecule has 0 spiro atoms. The van der Waals surface area contributed by atoms with Crippen LogP contribution >= 0.6 is 12.4 Å². The highest BCUT2D eigenvalue weighted by molar-refractivity contribution is 5.85. The average molecular weight is 274 g/mol. The Morgan fingerprint density at radius 3 is 2.56 bits per heavy atom. The summed E-state index contributed by atoms with van der Waals surface area (Å²) in [7, 11) is 0. The predicted molar refractivity (Wildman–Crippen MR) is 74.2 cm³/mol. The average Bonchev–Trinajstić information content (AvgIpc) is 2.30. The number of ether oxygens (including phenoxy) is 2. The van der Waals surface area contributed by atoms with E-state index in [1.54, 1.807) is 6.92 Å². The van der Waals surface area contributed by atoms with E-state index in [4.69, 9.17) is 15.2 Å². The lowest BCUT2D eigenvalue weighted by Gasteiger charge is -2.08. The van der Waals surface area contributed by atoms with Crippen molar-refractivity contribution < 1.29 is 14.3 Å². The number of nitrogen functional groups attached to an aromatic ring is 1. The zero-order chi connectivity index (χ0) is 12.7. The van der Waals surface area contributed by atoms with Crippen LogP contribution in [0.4, 0.5) is 5.69 Å². The van der Waals surface area contributed by atoms with Crippen molar-refractivity contribution in [3.63, 3.8) is 0 Å². The lowest BCUT2D eigenvalue weighted by atomic mass is 10.1. The summed E-state index contributed by atoms with van der Waals surface area (Å²) in [6.45, 7) is 4.72. The molecule has 0 heterocycles. The third-order valence-electron chi connectivity index (χ3n) is 2.30. The first-order valence-electron chi connectivity index (χ1n) is 5.84. The standard InChI is InChI=1S/C13H19NO3.ClH/c1-3-16-12-7-5-10(9-11(12)14)6-8-13(15)17-4-2;/h5,7,9H,3-4,6,8,14H2,1-2H3;1H. The summed E-state index contributed by atoms with van der Waals surface area (Å²) in [5.41, 5.74) is 7.45. The first-order valence-corrected chi connectivity index (χ1v) is 5.84. The van der Waals surface area contributed by atoms with E-state index in [0.29, 0.717) is 37.5 Å². The molecule has 1 rings (SSSR count). The van der Waals surface area contributed by atoms with Crippen LogP contribution in [0.25, 0.3) is 0 Å². The Hall–Kier alpha value is -1.42. The normalized spacial score (nSPS) is 9.44. The van der Waals surface area contributed by atoms with E-state index in [9.17, 15) is 4.79 Å². The molecule has 0 saturated heterocycles. The Morgan fingerprint density at radius 1 is 1.28 bits per heavy atom. The van der Waals surface area contributed by atoms with Gasteiger partial charge < -0.3 is 15.2 Å². The van der Waals surface area contributed by atoms with Gasteiger partial charge in [0, 0.05) is 6.42 Å². The highest BCUT2D eigenvalue weighted by Crippen LogP contribution is 2.23. The van der Waals surface area contributed by atoms with Crippen molar-refractivity contribution in [3.05, 3.63) is 23.8 Å². The molecule has 2 N–H and O–H groups in total. The van der Waals surface area contributed by atoms with Gasteiger partial charge in [-0.15, -0.1) is 12.4 Å². The number of carbonyl (C=O) groups is 1. The van der Waals surface area contributed by atoms with Crippen LogP contribution in [0.15, 0.2) is 18.2 Å². The van der Waals surface area contributed by atoms with Gasteiger partial charge in [-0.25, -0.2) is 0 Å². The van der Waals surface area contributed by atoms with Gasteiger partial charge in [-0.1, -0.05) is 6.07 Å². The lowest BCUT2D eigenvalue weighted by Crippen LogP contribution is -2.05. The predicted octanol–water partition coefficient (Wildman–Crippen LogP) is 2.59. The lowest BCUT2D eigenvalue weighted by molar-refractivity contribution is -0.143. The van der Waals surface area contributed by atoms with Crippen LogP contribution in [0, 0.1) is 0 Å². The Kier molecular flexibility index (Phi) is 7.96. The number of halogens is 1. The zero-order valence-electron chi connectivity index (χ0n) is 10.8. The van der Waals surface area contributed by atoms with Crippen molar-refractivity contribution in [3.8, 4) is 5.75 Å². The molecule has 0 saturated carbocycles. The molecule has 0 aliphatic heterocycles. The van der Waals surface area contributed by atoms with E-state index >= 15 is 0 Å². The van der Waals surface area contributed by atoms with Crippen LogP contribution in [-0.2, 0) is 16.0 Å². The number of hydrogen-bond acceptors (Lipinski definition) is 4. The minimum Gasteiger partial charge on any atom is -0.492 e. The van der Waals surface area contributed by atoms with Crippen LogP contribution in [-0.4, -0.2) is 19.2 Å². The molecule has 0 unspecified atom stereocenters. The van der Waals surface area contributed by atoms with E-state index in [2.05, 4.69) is 0 Å². The number of hydrogen-bond donors (Lipinski definition) is 1. The summed E-state index contributed by atoms with van der Waals surface area (Å²) in [5, 5.41) is 0. The second-order valence-electron chi connectivity index (χ2n) is 3.61. The fraction of sp³-hybridized carbons (Fsp3) is 0.462. The molecule has 0 bridgehead atoms. The fourth-order valence-corrected chi connectivity index (χ4v) is 1.52. The Bertz CT molecular complexity index is 382. The number of aryl methyl sites for hydroxylation is 1. The molecule has 1 aromatic rings. The van der Waals surface area contributed by atoms with E-state index in [0.717, 1.165) is 5.56 Å². The quantitative estimate of drug-likeness (QED) is 0.639. The highest BCUT2D eigenvalue weighted by atomic mass is 35.5. The minimum absolute atomic E-state index is 0. The van der Waals surface area contributed by atoms with Crippen LogP contribution in [0.1, 0.15) is 25.8 Å². The maximum absolute atomic E-state index is 11.2. The van der Waals surface area contributed by atoms with Crippen molar-refractivity contribution >= 4 is 24.1 Å². The number of anilines is 1. The van der Waals surface area contributed by atoms with Crippen molar-refractivity contribution in [2.45, 2.75) is 26.7 Å². The molecule has 4 nitrogen and oxygen atoms in total. The Balaban J connectivity index is 0.00000289. The van der Waals surface area contributed by atoms with Gasteiger partial charge in [0.2, 0.25) is 0 Å². The van der Waals surface area contributed by atoms with E-state index < -0.39 is 0 Å². The molecule has 0 fully saturated rings. The number of carbonyl (C=O) groups excluding carboxylic acids is 1. The zero-order valence-corrected chi connectivity index (χ0v) is 11.6. The van der Waals surface area contributed by atoms with Crippen LogP contribution in [0.2, 0.25) is 0 Å². The smallest absolute Gasteiger partial charge is 0.306 e. The van der Waals surface area contributed by atoms with Crippen LogP contribution in [0.3, 0.4) is 0 Å². The molecule has 0 amide bonds. The number of nitrogens with two attached hydrogens (primary N) is 1. The molecule has 0 aliphatic rings. The summed E-state index contributed by atoms with van der Waals surface area (Å²) < 4.78 is 10.2. The van der Waals surface area contributed by atoms with E-state index in [1.807, 2.05) is 25.1 Å². The summed E-state index contributed by atoms with van der Waals surface area (Å²) >= 11 is 0. The first-order chi connectivity index (χ1) is 8.17. The third-order valence-corrected chi connectivity index (χ3v) is 2.30. The van der Waals surface area contributed by atoms with Gasteiger partial charge in [0.05, 0.1) is 18.9 Å². The van der Waals surface area contributed by atoms with Gasteiger partial charge in [0.1, 0.15) is 5.75 Å². The molecule has 0 aromatic heterocycles. The molecule has 102 valence electrons. The fourth-order valence-electron chi connectivity index (χ4n) is 1.52. The van der Waals surface area contributed by atoms with Gasteiger partial charge in [0.15, 0.2) is 0 Å². The second-order valence-corrected chi connectivity index (χ2v) is 3.61. The SMILES string of the molecule is CCOC(=O)CCc1ccc(OCC)c(N)c1.Cl. The van der Waals surface area contributed by atoms with E-state index in [-0.39, 0.29) is 18.4 Å². The van der Waals surface area contributed by atoms with Crippen molar-refractivity contribution in [1.82, 2.24) is 0 Å².